The van der Waals surface area contributed by atoms with Gasteiger partial charge in [0, 0.05) is 27.9 Å². The number of hydrogen-bond donors (Lipinski definition) is 3. The fourth-order valence-corrected chi connectivity index (χ4v) is 5.08. The Morgan fingerprint density at radius 2 is 1.48 bits per heavy atom. The summed E-state index contributed by atoms with van der Waals surface area (Å²) in [5.41, 5.74) is 3.72. The van der Waals surface area contributed by atoms with Crippen LogP contribution in [-0.4, -0.2) is 36.7 Å². The van der Waals surface area contributed by atoms with Crippen molar-refractivity contribution in [3.63, 3.8) is 0 Å². The lowest BCUT2D eigenvalue weighted by molar-refractivity contribution is -0.114. The third kappa shape index (κ3) is 8.29. The number of fused-ring (bicyclic) bond motifs is 1. The smallest absolute Gasteiger partial charge is 0.272 e. The predicted octanol–water partition coefficient (Wildman–Crippen LogP) is 6.72. The Morgan fingerprint density at radius 3 is 2.18 bits per heavy atom. The highest BCUT2D eigenvalue weighted by Crippen LogP contribution is 2.32. The van der Waals surface area contributed by atoms with Gasteiger partial charge in [0.15, 0.2) is 11.5 Å². The van der Waals surface area contributed by atoms with E-state index in [9.17, 15) is 14.4 Å². The van der Waals surface area contributed by atoms with Gasteiger partial charge in [0.1, 0.15) is 18.9 Å². The van der Waals surface area contributed by atoms with Crippen molar-refractivity contribution >= 4 is 46.9 Å². The summed E-state index contributed by atoms with van der Waals surface area (Å²) in [6.45, 7) is 5.21. The Balaban J connectivity index is 1.21. The molecule has 1 aliphatic rings. The van der Waals surface area contributed by atoms with Gasteiger partial charge in [-0.1, -0.05) is 56.3 Å². The van der Waals surface area contributed by atoms with E-state index in [-0.39, 0.29) is 23.3 Å². The molecule has 0 saturated carbocycles. The minimum absolute atomic E-state index is 0.116. The number of amides is 3. The fourth-order valence-electron chi connectivity index (χ4n) is 4.39. The Bertz CT molecular complexity index is 1650. The minimum Gasteiger partial charge on any atom is -0.486 e. The Labute approximate surface area is 260 Å². The zero-order valence-electron chi connectivity index (χ0n) is 24.5. The molecular weight excluding hydrogens is 574 g/mol. The summed E-state index contributed by atoms with van der Waals surface area (Å²) in [5, 5.41) is 8.51. The second-order valence-corrected chi connectivity index (χ2v) is 11.4. The molecule has 0 unspecified atom stereocenters. The van der Waals surface area contributed by atoms with Gasteiger partial charge < -0.3 is 25.4 Å². The molecule has 5 rings (SSSR count). The summed E-state index contributed by atoms with van der Waals surface area (Å²) < 4.78 is 11.1. The van der Waals surface area contributed by atoms with Crippen LogP contribution in [0, 0.1) is 0 Å². The van der Waals surface area contributed by atoms with Crippen molar-refractivity contribution in [2.75, 3.05) is 29.6 Å². The molecule has 3 N–H and O–H groups in total. The summed E-state index contributed by atoms with van der Waals surface area (Å²) in [6, 6.07) is 29.1. The lowest BCUT2D eigenvalue weighted by atomic mass is 10.0. The average molecular weight is 608 g/mol. The van der Waals surface area contributed by atoms with Crippen LogP contribution in [0.4, 0.5) is 11.4 Å². The molecule has 0 atom stereocenters. The number of ether oxygens (including phenoxy) is 2. The van der Waals surface area contributed by atoms with Gasteiger partial charge in [-0.3, -0.25) is 14.4 Å². The van der Waals surface area contributed by atoms with E-state index >= 15 is 0 Å². The van der Waals surface area contributed by atoms with E-state index in [1.54, 1.807) is 60.7 Å². The topological polar surface area (TPSA) is 106 Å². The van der Waals surface area contributed by atoms with Crippen molar-refractivity contribution in [3.8, 4) is 11.5 Å². The van der Waals surface area contributed by atoms with E-state index in [4.69, 9.17) is 9.47 Å². The molecule has 4 aromatic carbocycles. The van der Waals surface area contributed by atoms with Gasteiger partial charge in [-0.2, -0.15) is 0 Å². The van der Waals surface area contributed by atoms with E-state index in [1.165, 1.54) is 17.3 Å². The van der Waals surface area contributed by atoms with Crippen molar-refractivity contribution < 1.29 is 23.9 Å². The van der Waals surface area contributed by atoms with Crippen LogP contribution in [0.1, 0.15) is 41.3 Å². The van der Waals surface area contributed by atoms with Crippen molar-refractivity contribution in [2.24, 2.45) is 0 Å². The summed E-state index contributed by atoms with van der Waals surface area (Å²) in [5.74, 6) is 0.860. The number of nitrogens with one attached hydrogen (secondary N) is 3. The first kappa shape index (κ1) is 30.4. The average Bonchev–Trinajstić information content (AvgIpc) is 3.04. The third-order valence-electron chi connectivity index (χ3n) is 6.75. The second-order valence-electron chi connectivity index (χ2n) is 10.4. The van der Waals surface area contributed by atoms with Crippen LogP contribution in [0.2, 0.25) is 0 Å². The van der Waals surface area contributed by atoms with Gasteiger partial charge in [0.05, 0.1) is 5.75 Å². The van der Waals surface area contributed by atoms with Crippen molar-refractivity contribution in [1.29, 1.82) is 0 Å². The van der Waals surface area contributed by atoms with Gasteiger partial charge in [-0.25, -0.2) is 0 Å². The Hall–Kier alpha value is -5.02. The van der Waals surface area contributed by atoms with Crippen molar-refractivity contribution in [1.82, 2.24) is 5.32 Å². The van der Waals surface area contributed by atoms with Gasteiger partial charge >= 0.3 is 0 Å². The molecule has 1 aliphatic heterocycles. The number of hydrogen-bond acceptors (Lipinski definition) is 6. The molecule has 4 aromatic rings. The zero-order valence-corrected chi connectivity index (χ0v) is 25.3. The van der Waals surface area contributed by atoms with Gasteiger partial charge in [0.2, 0.25) is 5.91 Å². The molecule has 1 heterocycles. The Morgan fingerprint density at radius 1 is 0.795 bits per heavy atom. The highest BCUT2D eigenvalue weighted by atomic mass is 32.2. The SMILES string of the molecule is CC(C)c1ccc(/C=C(\NC(=O)c2ccccc2)C(=O)Nc2ccc(SCC(=O)Nc3ccc4c(c3)OCCO4)cc2)cc1. The normalized spacial score (nSPS) is 12.4. The lowest BCUT2D eigenvalue weighted by Gasteiger charge is -2.19. The molecule has 3 amide bonds. The molecule has 8 nitrogen and oxygen atoms in total. The van der Waals surface area contributed by atoms with Gasteiger partial charge in [0.25, 0.3) is 11.8 Å². The van der Waals surface area contributed by atoms with Crippen LogP contribution in [-0.2, 0) is 9.59 Å². The molecule has 0 spiro atoms. The maximum absolute atomic E-state index is 13.4. The molecule has 224 valence electrons. The van der Waals surface area contributed by atoms with Crippen molar-refractivity contribution in [3.05, 3.63) is 119 Å². The minimum atomic E-state index is -0.457. The van der Waals surface area contributed by atoms with Crippen LogP contribution < -0.4 is 25.4 Å². The van der Waals surface area contributed by atoms with Crippen molar-refractivity contribution in [2.45, 2.75) is 24.7 Å². The molecular formula is C35H33N3O5S. The van der Waals surface area contributed by atoms with E-state index in [2.05, 4.69) is 29.8 Å². The van der Waals surface area contributed by atoms with Gasteiger partial charge in [-0.05, 0) is 71.7 Å². The summed E-state index contributed by atoms with van der Waals surface area (Å²) >= 11 is 1.37. The molecule has 0 saturated heterocycles. The van der Waals surface area contributed by atoms with E-state index in [1.807, 2.05) is 42.5 Å². The third-order valence-corrected chi connectivity index (χ3v) is 7.76. The molecule has 0 bridgehead atoms. The quantitative estimate of drug-likeness (QED) is 0.137. The maximum Gasteiger partial charge on any atom is 0.272 e. The largest absolute Gasteiger partial charge is 0.486 e. The van der Waals surface area contributed by atoms with E-state index < -0.39 is 5.91 Å². The number of benzene rings is 4. The molecule has 44 heavy (non-hydrogen) atoms. The first-order valence-corrected chi connectivity index (χ1v) is 15.2. The molecule has 9 heteroatoms. The van der Waals surface area contributed by atoms with Gasteiger partial charge in [-0.15, -0.1) is 11.8 Å². The summed E-state index contributed by atoms with van der Waals surface area (Å²) in [6.07, 6.45) is 1.66. The summed E-state index contributed by atoms with van der Waals surface area (Å²) in [4.78, 5) is 39.7. The predicted molar refractivity (Wildman–Crippen MR) is 174 cm³/mol. The fraction of sp³-hybridized carbons (Fsp3) is 0.171. The standard InChI is InChI=1S/C35H33N3O5S/c1-23(2)25-10-8-24(9-11-25)20-30(38-34(40)26-6-4-3-5-7-26)35(41)37-27-12-15-29(16-13-27)44-22-33(39)36-28-14-17-31-32(21-28)43-19-18-42-31/h3-17,20-21,23H,18-19,22H2,1-2H3,(H,36,39)(H,37,41)(H,38,40)/b30-20-. The highest BCUT2D eigenvalue weighted by molar-refractivity contribution is 8.00. The van der Waals surface area contributed by atoms with E-state index in [0.29, 0.717) is 47.6 Å². The number of thioether (sulfide) groups is 1. The van der Waals surface area contributed by atoms with Crippen LogP contribution in [0.5, 0.6) is 11.5 Å². The Kier molecular flexibility index (Phi) is 9.99. The van der Waals surface area contributed by atoms with Crippen LogP contribution >= 0.6 is 11.8 Å². The second kappa shape index (κ2) is 14.4. The lowest BCUT2D eigenvalue weighted by Crippen LogP contribution is -2.30. The van der Waals surface area contributed by atoms with Crippen LogP contribution in [0.3, 0.4) is 0 Å². The molecule has 0 radical (unpaired) electrons. The number of anilines is 2. The zero-order chi connectivity index (χ0) is 30.9. The first-order chi connectivity index (χ1) is 21.3. The first-order valence-electron chi connectivity index (χ1n) is 14.3. The maximum atomic E-state index is 13.4. The number of rotatable bonds is 10. The van der Waals surface area contributed by atoms with Crippen LogP contribution in [0.25, 0.3) is 6.08 Å². The molecule has 0 aromatic heterocycles. The highest BCUT2D eigenvalue weighted by Gasteiger charge is 2.16. The number of carbonyl (C=O) groups is 3. The van der Waals surface area contributed by atoms with Crippen LogP contribution in [0.15, 0.2) is 108 Å². The molecule has 0 fully saturated rings. The number of carbonyl (C=O) groups excluding carboxylic acids is 3. The van der Waals surface area contributed by atoms with E-state index in [0.717, 1.165) is 10.5 Å². The summed E-state index contributed by atoms with van der Waals surface area (Å²) in [7, 11) is 0. The monoisotopic (exact) mass is 607 g/mol. The molecule has 0 aliphatic carbocycles.